The first-order chi connectivity index (χ1) is 14.9. The molecular weight excluding hydrogens is 394 g/mol. The Labute approximate surface area is 181 Å². The smallest absolute Gasteiger partial charge is 0.307 e. The van der Waals surface area contributed by atoms with Gasteiger partial charge in [-0.15, -0.1) is 0 Å². The minimum absolute atomic E-state index is 0.0214. The lowest BCUT2D eigenvalue weighted by molar-refractivity contribution is -0.136. The van der Waals surface area contributed by atoms with Crippen LogP contribution in [0.5, 0.6) is 11.5 Å². The summed E-state index contributed by atoms with van der Waals surface area (Å²) >= 11 is 0. The van der Waals surface area contributed by atoms with Gasteiger partial charge < -0.3 is 24.6 Å². The number of aliphatic carboxylic acids is 1. The van der Waals surface area contributed by atoms with E-state index in [0.717, 1.165) is 33.8 Å². The largest absolute Gasteiger partial charge is 0.493 e. The van der Waals surface area contributed by atoms with Crippen molar-refractivity contribution in [3.8, 4) is 17.2 Å². The number of nitrogens with one attached hydrogen (secondary N) is 1. The van der Waals surface area contributed by atoms with Gasteiger partial charge in [0.15, 0.2) is 11.5 Å². The summed E-state index contributed by atoms with van der Waals surface area (Å²) in [5, 5.41) is 13.3. The number of hydrazone groups is 1. The molecule has 1 aromatic heterocycles. The number of nitrogens with zero attached hydrogens (tertiary/aromatic N) is 2. The van der Waals surface area contributed by atoms with Crippen molar-refractivity contribution >= 4 is 12.2 Å². The van der Waals surface area contributed by atoms with Crippen LogP contribution in [0.2, 0.25) is 0 Å². The molecule has 0 aliphatic heterocycles. The van der Waals surface area contributed by atoms with Gasteiger partial charge in [0.1, 0.15) is 0 Å². The number of rotatable bonds is 9. The zero-order valence-corrected chi connectivity index (χ0v) is 18.2. The van der Waals surface area contributed by atoms with E-state index in [2.05, 4.69) is 21.2 Å². The molecule has 0 atom stereocenters. The predicted octanol–water partition coefficient (Wildman–Crippen LogP) is 3.86. The van der Waals surface area contributed by atoms with E-state index in [4.69, 9.17) is 14.6 Å². The maximum Gasteiger partial charge on any atom is 0.307 e. The maximum atomic E-state index is 10.9. The summed E-state index contributed by atoms with van der Waals surface area (Å²) in [5.74, 6) is 0.544. The van der Waals surface area contributed by atoms with Crippen molar-refractivity contribution in [3.63, 3.8) is 0 Å². The fourth-order valence-corrected chi connectivity index (χ4v) is 3.50. The molecule has 162 valence electrons. The monoisotopic (exact) mass is 421 g/mol. The van der Waals surface area contributed by atoms with Crippen LogP contribution in [0.1, 0.15) is 28.1 Å². The van der Waals surface area contributed by atoms with Crippen LogP contribution < -0.4 is 14.9 Å². The van der Waals surface area contributed by atoms with Crippen molar-refractivity contribution < 1.29 is 19.4 Å². The highest BCUT2D eigenvalue weighted by molar-refractivity contribution is 5.82. The van der Waals surface area contributed by atoms with Gasteiger partial charge in [-0.05, 0) is 55.3 Å². The lowest BCUT2D eigenvalue weighted by Crippen LogP contribution is -2.06. The Kier molecular flexibility index (Phi) is 6.97. The Bertz CT molecular complexity index is 1080. The molecule has 0 aliphatic rings. The second-order valence-electron chi connectivity index (χ2n) is 7.18. The van der Waals surface area contributed by atoms with E-state index < -0.39 is 5.97 Å². The Morgan fingerprint density at radius 3 is 2.35 bits per heavy atom. The first-order valence-electron chi connectivity index (χ1n) is 9.89. The number of hydrogen-bond donors (Lipinski definition) is 2. The van der Waals surface area contributed by atoms with E-state index in [9.17, 15) is 4.79 Å². The molecule has 0 aliphatic carbocycles. The molecule has 0 amide bonds. The summed E-state index contributed by atoms with van der Waals surface area (Å²) in [6.45, 7) is 4.63. The summed E-state index contributed by atoms with van der Waals surface area (Å²) in [7, 11) is 3.23. The first kappa shape index (κ1) is 22.0. The van der Waals surface area contributed by atoms with Crippen molar-refractivity contribution in [2.75, 3.05) is 14.2 Å². The summed E-state index contributed by atoms with van der Waals surface area (Å²) in [6.07, 6.45) is 1.83. The number of aromatic nitrogens is 1. The van der Waals surface area contributed by atoms with E-state index >= 15 is 0 Å². The summed E-state index contributed by atoms with van der Waals surface area (Å²) < 4.78 is 12.7. The summed E-state index contributed by atoms with van der Waals surface area (Å²) in [6, 6.07) is 15.4. The lowest BCUT2D eigenvalue weighted by atomic mass is 10.1. The van der Waals surface area contributed by atoms with Gasteiger partial charge in [0.2, 0.25) is 0 Å². The highest BCUT2D eigenvalue weighted by Crippen LogP contribution is 2.27. The third kappa shape index (κ3) is 5.25. The molecular formula is C24H27N3O4. The normalized spacial score (nSPS) is 11.0. The predicted molar refractivity (Wildman–Crippen MR) is 121 cm³/mol. The molecule has 2 N–H and O–H groups in total. The SMILES string of the molecule is COc1ccc(CN/N=C\c2cc(C)n(-c3ccc(CC(=O)O)cc3)c2C)cc1OC. The van der Waals surface area contributed by atoms with E-state index in [1.165, 1.54) is 0 Å². The van der Waals surface area contributed by atoms with E-state index in [0.29, 0.717) is 18.0 Å². The standard InChI is InChI=1S/C24H27N3O4/c1-16-11-20(15-26-25-14-19-7-10-22(30-3)23(12-19)31-4)17(2)27(16)21-8-5-18(6-9-21)13-24(28)29/h5-12,15,25H,13-14H2,1-4H3,(H,28,29)/b26-15-. The molecule has 1 heterocycles. The molecule has 0 radical (unpaired) electrons. The lowest BCUT2D eigenvalue weighted by Gasteiger charge is -2.10. The molecule has 2 aromatic carbocycles. The highest BCUT2D eigenvalue weighted by atomic mass is 16.5. The topological polar surface area (TPSA) is 85.1 Å². The highest BCUT2D eigenvalue weighted by Gasteiger charge is 2.10. The second-order valence-corrected chi connectivity index (χ2v) is 7.18. The van der Waals surface area contributed by atoms with Crippen LogP contribution in [0.4, 0.5) is 0 Å². The van der Waals surface area contributed by atoms with Crippen LogP contribution in [-0.4, -0.2) is 36.1 Å². The van der Waals surface area contributed by atoms with Gasteiger partial charge in [-0.2, -0.15) is 5.10 Å². The van der Waals surface area contributed by atoms with Crippen LogP contribution >= 0.6 is 0 Å². The Balaban J connectivity index is 1.69. The molecule has 7 nitrogen and oxygen atoms in total. The third-order valence-corrected chi connectivity index (χ3v) is 5.05. The van der Waals surface area contributed by atoms with Crippen molar-refractivity contribution in [3.05, 3.63) is 76.6 Å². The number of carbonyl (C=O) groups is 1. The van der Waals surface area contributed by atoms with Crippen LogP contribution in [0.25, 0.3) is 5.69 Å². The Hall–Kier alpha value is -3.74. The van der Waals surface area contributed by atoms with Crippen LogP contribution in [-0.2, 0) is 17.8 Å². The molecule has 0 fully saturated rings. The van der Waals surface area contributed by atoms with E-state index in [-0.39, 0.29) is 6.42 Å². The van der Waals surface area contributed by atoms with E-state index in [1.807, 2.05) is 56.3 Å². The average Bonchev–Trinajstić information content (AvgIpc) is 3.04. The van der Waals surface area contributed by atoms with E-state index in [1.54, 1.807) is 20.4 Å². The Morgan fingerprint density at radius 1 is 1.03 bits per heavy atom. The molecule has 31 heavy (non-hydrogen) atoms. The van der Waals surface area contributed by atoms with Crippen molar-refractivity contribution in [2.24, 2.45) is 5.10 Å². The minimum atomic E-state index is -0.833. The number of carboxylic acids is 1. The fraction of sp³-hybridized carbons (Fsp3) is 0.250. The number of aryl methyl sites for hydroxylation is 1. The molecule has 3 rings (SSSR count). The number of ether oxygens (including phenoxy) is 2. The first-order valence-corrected chi connectivity index (χ1v) is 9.89. The Morgan fingerprint density at radius 2 is 1.71 bits per heavy atom. The molecule has 3 aromatic rings. The van der Waals surface area contributed by atoms with Gasteiger partial charge >= 0.3 is 5.97 Å². The fourth-order valence-electron chi connectivity index (χ4n) is 3.50. The second kappa shape index (κ2) is 9.84. The van der Waals surface area contributed by atoms with Crippen LogP contribution in [0.3, 0.4) is 0 Å². The minimum Gasteiger partial charge on any atom is -0.493 e. The zero-order valence-electron chi connectivity index (χ0n) is 18.2. The van der Waals surface area contributed by atoms with Gasteiger partial charge in [0, 0.05) is 22.6 Å². The molecule has 0 saturated carbocycles. The molecule has 0 spiro atoms. The van der Waals surface area contributed by atoms with Gasteiger partial charge in [-0.3, -0.25) is 4.79 Å². The summed E-state index contributed by atoms with van der Waals surface area (Å²) in [4.78, 5) is 10.9. The summed E-state index contributed by atoms with van der Waals surface area (Å²) in [5.41, 5.74) is 9.00. The average molecular weight is 421 g/mol. The molecule has 0 saturated heterocycles. The van der Waals surface area contributed by atoms with Gasteiger partial charge in [-0.1, -0.05) is 18.2 Å². The quantitative estimate of drug-likeness (QED) is 0.405. The van der Waals surface area contributed by atoms with Crippen molar-refractivity contribution in [1.29, 1.82) is 0 Å². The number of benzene rings is 2. The van der Waals surface area contributed by atoms with Gasteiger partial charge in [0.05, 0.1) is 33.4 Å². The van der Waals surface area contributed by atoms with Crippen LogP contribution in [0.15, 0.2) is 53.6 Å². The third-order valence-electron chi connectivity index (χ3n) is 5.05. The van der Waals surface area contributed by atoms with Crippen LogP contribution in [0, 0.1) is 13.8 Å². The van der Waals surface area contributed by atoms with Crippen molar-refractivity contribution in [1.82, 2.24) is 9.99 Å². The zero-order chi connectivity index (χ0) is 22.4. The van der Waals surface area contributed by atoms with Crippen molar-refractivity contribution in [2.45, 2.75) is 26.8 Å². The van der Waals surface area contributed by atoms with Gasteiger partial charge in [-0.25, -0.2) is 0 Å². The molecule has 7 heteroatoms. The molecule has 0 bridgehead atoms. The number of methoxy groups -OCH3 is 2. The molecule has 0 unspecified atom stereocenters. The maximum absolute atomic E-state index is 10.9. The number of carboxylic acid groups (broad SMARTS) is 1. The number of hydrogen-bond acceptors (Lipinski definition) is 5. The van der Waals surface area contributed by atoms with Gasteiger partial charge in [0.25, 0.3) is 0 Å².